The maximum Gasteiger partial charge on any atom is 0.105 e. The lowest BCUT2D eigenvalue weighted by atomic mass is 9.90. The smallest absolute Gasteiger partial charge is 0.105 e. The molecule has 3 nitrogen and oxygen atoms in total. The van der Waals surface area contributed by atoms with Gasteiger partial charge in [-0.1, -0.05) is 176 Å². The summed E-state index contributed by atoms with van der Waals surface area (Å²) in [4.78, 5) is 0. The highest BCUT2D eigenvalue weighted by Crippen LogP contribution is 2.43. The molecule has 0 fully saturated rings. The number of nitrogens with zero attached hydrogens (tertiary/aromatic N) is 1. The lowest BCUT2D eigenvalue weighted by Gasteiger charge is -2.36. The first-order valence-corrected chi connectivity index (χ1v) is 20.5. The summed E-state index contributed by atoms with van der Waals surface area (Å²) in [7, 11) is 0. The van der Waals surface area contributed by atoms with Crippen LogP contribution in [0.15, 0.2) is 212 Å². The SMILES string of the molecule is c1ccc(-c2ccc(-c3cccc(C4NC(c5cccc6cc(-n7c8ccc9ccccc9c8c8c9ccccc9ccc87)ccc56)Nc5ccccc54)c3)cc2)cc1. The van der Waals surface area contributed by atoms with Crippen LogP contribution in [0.1, 0.15) is 28.9 Å². The lowest BCUT2D eigenvalue weighted by molar-refractivity contribution is 0.508. The van der Waals surface area contributed by atoms with Crippen molar-refractivity contribution in [3.8, 4) is 27.9 Å². The zero-order valence-electron chi connectivity index (χ0n) is 32.3. The maximum atomic E-state index is 4.05. The third-order valence-electron chi connectivity index (χ3n) is 12.5. The van der Waals surface area contributed by atoms with E-state index in [0.717, 1.165) is 11.4 Å². The normalized spacial score (nSPS) is 15.2. The third-order valence-corrected chi connectivity index (χ3v) is 12.5. The van der Waals surface area contributed by atoms with E-state index in [9.17, 15) is 0 Å². The van der Waals surface area contributed by atoms with Gasteiger partial charge in [-0.3, -0.25) is 5.32 Å². The van der Waals surface area contributed by atoms with Crippen LogP contribution in [0.3, 0.4) is 0 Å². The van der Waals surface area contributed by atoms with Gasteiger partial charge in [0.2, 0.25) is 0 Å². The Hall–Kier alpha value is -7.46. The molecule has 0 amide bonds. The highest BCUT2D eigenvalue weighted by molar-refractivity contribution is 6.28. The van der Waals surface area contributed by atoms with Gasteiger partial charge in [-0.25, -0.2) is 0 Å². The van der Waals surface area contributed by atoms with Crippen molar-refractivity contribution in [2.45, 2.75) is 12.2 Å². The lowest BCUT2D eigenvalue weighted by Crippen LogP contribution is -2.37. The molecule has 12 rings (SSSR count). The van der Waals surface area contributed by atoms with Crippen LogP contribution < -0.4 is 10.6 Å². The number of nitrogens with one attached hydrogen (secondary N) is 2. The fourth-order valence-electron chi connectivity index (χ4n) is 9.67. The van der Waals surface area contributed by atoms with Crippen molar-refractivity contribution in [1.29, 1.82) is 0 Å². The average Bonchev–Trinajstić information content (AvgIpc) is 3.67. The van der Waals surface area contributed by atoms with Crippen molar-refractivity contribution in [1.82, 2.24) is 9.88 Å². The van der Waals surface area contributed by atoms with Crippen molar-refractivity contribution in [2.24, 2.45) is 0 Å². The molecule has 3 heteroatoms. The van der Waals surface area contributed by atoms with Gasteiger partial charge in [-0.2, -0.15) is 0 Å². The number of para-hydroxylation sites is 1. The molecule has 0 aliphatic carbocycles. The molecule has 0 saturated carbocycles. The molecule has 2 atom stereocenters. The Balaban J connectivity index is 0.943. The van der Waals surface area contributed by atoms with E-state index in [2.05, 4.69) is 228 Å². The number of fused-ring (bicyclic) bond motifs is 9. The quantitative estimate of drug-likeness (QED) is 0.183. The van der Waals surface area contributed by atoms with Crippen LogP contribution in [0, 0.1) is 0 Å². The van der Waals surface area contributed by atoms with Gasteiger partial charge in [0.15, 0.2) is 0 Å². The molecular weight excluding hydrogens is 715 g/mol. The molecular formula is C56H39N3. The Labute approximate surface area is 342 Å². The topological polar surface area (TPSA) is 29.0 Å². The Morgan fingerprint density at radius 1 is 0.373 bits per heavy atom. The Morgan fingerprint density at radius 2 is 0.949 bits per heavy atom. The molecule has 0 bridgehead atoms. The first-order chi connectivity index (χ1) is 29.2. The van der Waals surface area contributed by atoms with E-state index < -0.39 is 0 Å². The molecule has 2 N–H and O–H groups in total. The number of hydrogen-bond donors (Lipinski definition) is 2. The van der Waals surface area contributed by atoms with Crippen LogP contribution in [0.5, 0.6) is 0 Å². The molecule has 1 aliphatic rings. The fraction of sp³-hybridized carbons (Fsp3) is 0.0357. The van der Waals surface area contributed by atoms with Crippen molar-refractivity contribution in [2.75, 3.05) is 5.32 Å². The molecule has 278 valence electrons. The van der Waals surface area contributed by atoms with E-state index in [1.165, 1.54) is 93.1 Å². The molecule has 0 saturated heterocycles. The summed E-state index contributed by atoms with van der Waals surface area (Å²) in [5.74, 6) is 0. The summed E-state index contributed by atoms with van der Waals surface area (Å²) in [5.41, 5.74) is 13.3. The second-order valence-corrected chi connectivity index (χ2v) is 15.8. The van der Waals surface area contributed by atoms with E-state index in [1.54, 1.807) is 0 Å². The Bertz CT molecular complexity index is 3300. The molecule has 11 aromatic rings. The van der Waals surface area contributed by atoms with Gasteiger partial charge in [0.25, 0.3) is 0 Å². The van der Waals surface area contributed by atoms with Crippen molar-refractivity contribution in [3.05, 3.63) is 229 Å². The highest BCUT2D eigenvalue weighted by atomic mass is 15.2. The summed E-state index contributed by atoms with van der Waals surface area (Å²) in [6.45, 7) is 0. The molecule has 0 radical (unpaired) electrons. The molecule has 59 heavy (non-hydrogen) atoms. The average molecular weight is 754 g/mol. The second-order valence-electron chi connectivity index (χ2n) is 15.8. The number of aromatic nitrogens is 1. The molecule has 10 aromatic carbocycles. The largest absolute Gasteiger partial charge is 0.366 e. The maximum absolute atomic E-state index is 4.05. The van der Waals surface area contributed by atoms with E-state index in [4.69, 9.17) is 0 Å². The van der Waals surface area contributed by atoms with Gasteiger partial charge in [0.05, 0.1) is 17.1 Å². The fourth-order valence-corrected chi connectivity index (χ4v) is 9.67. The molecule has 2 heterocycles. The highest BCUT2D eigenvalue weighted by Gasteiger charge is 2.29. The van der Waals surface area contributed by atoms with Crippen LogP contribution in [-0.2, 0) is 0 Å². The number of rotatable bonds is 5. The summed E-state index contributed by atoms with van der Waals surface area (Å²) in [6.07, 6.45) is -0.107. The van der Waals surface area contributed by atoms with E-state index in [0.29, 0.717) is 0 Å². The first kappa shape index (κ1) is 33.7. The molecule has 2 unspecified atom stereocenters. The number of anilines is 1. The molecule has 1 aromatic heterocycles. The number of benzene rings is 10. The van der Waals surface area contributed by atoms with E-state index in [-0.39, 0.29) is 12.2 Å². The molecule has 0 spiro atoms. The zero-order valence-corrected chi connectivity index (χ0v) is 32.3. The minimum Gasteiger partial charge on any atom is -0.366 e. The van der Waals surface area contributed by atoms with Crippen molar-refractivity contribution in [3.63, 3.8) is 0 Å². The van der Waals surface area contributed by atoms with Gasteiger partial charge >= 0.3 is 0 Å². The van der Waals surface area contributed by atoms with Crippen LogP contribution >= 0.6 is 0 Å². The first-order valence-electron chi connectivity index (χ1n) is 20.5. The van der Waals surface area contributed by atoms with Gasteiger partial charge in [0, 0.05) is 22.1 Å². The Kier molecular flexibility index (Phi) is 7.75. The van der Waals surface area contributed by atoms with E-state index in [1.807, 2.05) is 0 Å². The predicted molar refractivity (Wildman–Crippen MR) is 248 cm³/mol. The van der Waals surface area contributed by atoms with Crippen molar-refractivity contribution >= 4 is 59.8 Å². The van der Waals surface area contributed by atoms with Gasteiger partial charge in [0.1, 0.15) is 6.17 Å². The second kappa shape index (κ2) is 13.6. The van der Waals surface area contributed by atoms with Crippen LogP contribution in [0.2, 0.25) is 0 Å². The van der Waals surface area contributed by atoms with Gasteiger partial charge in [-0.05, 0) is 108 Å². The standard InChI is InChI=1S/C56H39N3/c1-2-12-36(13-3-1)37-24-26-38(27-25-37)41-16-10-18-43(34-41)55-49-21-8-9-23-50(49)57-56(58-55)48-22-11-17-42-35-44(30-31-45(42)48)59-51-32-28-39-14-4-6-19-46(39)53(51)54-47-20-7-5-15-40(47)29-33-52(54)59/h1-35,55-58H. The van der Waals surface area contributed by atoms with Crippen LogP contribution in [-0.4, -0.2) is 4.57 Å². The van der Waals surface area contributed by atoms with Crippen LogP contribution in [0.4, 0.5) is 5.69 Å². The summed E-state index contributed by atoms with van der Waals surface area (Å²) < 4.78 is 2.46. The van der Waals surface area contributed by atoms with Gasteiger partial charge in [-0.15, -0.1) is 0 Å². The van der Waals surface area contributed by atoms with Crippen LogP contribution in [0.25, 0.3) is 82.1 Å². The Morgan fingerprint density at radius 3 is 1.69 bits per heavy atom. The summed E-state index contributed by atoms with van der Waals surface area (Å²) in [5, 5.41) is 18.0. The summed E-state index contributed by atoms with van der Waals surface area (Å²) in [6, 6.07) is 77.6. The van der Waals surface area contributed by atoms with Gasteiger partial charge < -0.3 is 9.88 Å². The monoisotopic (exact) mass is 753 g/mol. The third kappa shape index (κ3) is 5.55. The predicted octanol–water partition coefficient (Wildman–Crippen LogP) is 14.4. The minimum atomic E-state index is -0.107. The minimum absolute atomic E-state index is 0.00206. The zero-order chi connectivity index (χ0) is 38.9. The van der Waals surface area contributed by atoms with E-state index >= 15 is 0 Å². The summed E-state index contributed by atoms with van der Waals surface area (Å²) >= 11 is 0. The number of hydrogen-bond acceptors (Lipinski definition) is 2. The van der Waals surface area contributed by atoms with Crippen molar-refractivity contribution < 1.29 is 0 Å². The molecule has 1 aliphatic heterocycles.